The quantitative estimate of drug-likeness (QED) is 0.870. The number of ether oxygens (including phenoxy) is 1. The highest BCUT2D eigenvalue weighted by atomic mass is 16.5. The van der Waals surface area contributed by atoms with Gasteiger partial charge in [0.15, 0.2) is 0 Å². The second-order valence-corrected chi connectivity index (χ2v) is 6.18. The molecule has 0 radical (unpaired) electrons. The molecule has 0 fully saturated rings. The van der Waals surface area contributed by atoms with Crippen LogP contribution in [-0.4, -0.2) is 18.6 Å². The van der Waals surface area contributed by atoms with Crippen LogP contribution in [0.25, 0.3) is 0 Å². The smallest absolute Gasteiger partial charge is 0.241 e. The minimum atomic E-state index is -0.567. The molecule has 4 nitrogen and oxygen atoms in total. The van der Waals surface area contributed by atoms with Crippen molar-refractivity contribution in [2.45, 2.75) is 47.1 Å². The number of nitrogens with two attached hydrogens (primary N) is 1. The predicted molar refractivity (Wildman–Crippen MR) is 83.0 cm³/mol. The molecule has 0 aromatic heterocycles. The monoisotopic (exact) mass is 278 g/mol. The number of hydrogen-bond acceptors (Lipinski definition) is 3. The first-order valence-corrected chi connectivity index (χ1v) is 7.05. The molecule has 0 aliphatic carbocycles. The van der Waals surface area contributed by atoms with E-state index >= 15 is 0 Å². The molecule has 0 unspecified atom stereocenters. The number of rotatable bonds is 5. The Hall–Kier alpha value is -1.55. The van der Waals surface area contributed by atoms with E-state index in [0.29, 0.717) is 18.0 Å². The van der Waals surface area contributed by atoms with Crippen LogP contribution in [0.3, 0.4) is 0 Å². The molecule has 20 heavy (non-hydrogen) atoms. The Morgan fingerprint density at radius 2 is 2.05 bits per heavy atom. The molecule has 0 aliphatic heterocycles. The van der Waals surface area contributed by atoms with Gasteiger partial charge in [-0.05, 0) is 36.5 Å². The molecule has 0 saturated heterocycles. The first kappa shape index (κ1) is 16.5. The Morgan fingerprint density at radius 3 is 2.60 bits per heavy atom. The summed E-state index contributed by atoms with van der Waals surface area (Å²) < 4.78 is 5.68. The minimum absolute atomic E-state index is 0.192. The van der Waals surface area contributed by atoms with Crippen LogP contribution in [0.5, 0.6) is 5.75 Å². The number of amides is 1. The highest BCUT2D eigenvalue weighted by Crippen LogP contribution is 2.27. The maximum Gasteiger partial charge on any atom is 0.241 e. The lowest BCUT2D eigenvalue weighted by Crippen LogP contribution is -2.45. The maximum atomic E-state index is 12.2. The van der Waals surface area contributed by atoms with E-state index in [2.05, 4.69) is 5.32 Å². The fraction of sp³-hybridized carbons (Fsp3) is 0.562. The SMILES string of the molecule is CCCOc1cc(C)ccc1NC(=O)[C@@H](N)C(C)(C)C. The van der Waals surface area contributed by atoms with Crippen LogP contribution in [0.15, 0.2) is 18.2 Å². The summed E-state index contributed by atoms with van der Waals surface area (Å²) >= 11 is 0. The van der Waals surface area contributed by atoms with Crippen LogP contribution in [0, 0.1) is 12.3 Å². The lowest BCUT2D eigenvalue weighted by atomic mass is 9.87. The molecule has 1 atom stereocenters. The van der Waals surface area contributed by atoms with Crippen molar-refractivity contribution < 1.29 is 9.53 Å². The maximum absolute atomic E-state index is 12.2. The number of carbonyl (C=O) groups is 1. The van der Waals surface area contributed by atoms with Crippen LogP contribution in [0.1, 0.15) is 39.7 Å². The largest absolute Gasteiger partial charge is 0.491 e. The van der Waals surface area contributed by atoms with Gasteiger partial charge in [0.05, 0.1) is 18.3 Å². The Labute approximate surface area is 121 Å². The topological polar surface area (TPSA) is 64.3 Å². The third-order valence-electron chi connectivity index (χ3n) is 3.07. The van der Waals surface area contributed by atoms with Crippen molar-refractivity contribution in [1.29, 1.82) is 0 Å². The van der Waals surface area contributed by atoms with Gasteiger partial charge in [0.1, 0.15) is 5.75 Å². The number of benzene rings is 1. The van der Waals surface area contributed by atoms with Crippen molar-refractivity contribution in [2.75, 3.05) is 11.9 Å². The average Bonchev–Trinajstić information content (AvgIpc) is 2.36. The van der Waals surface area contributed by atoms with Gasteiger partial charge in [0.2, 0.25) is 5.91 Å². The molecule has 1 rings (SSSR count). The Bertz CT molecular complexity index is 464. The average molecular weight is 278 g/mol. The molecule has 1 amide bonds. The number of aryl methyl sites for hydroxylation is 1. The summed E-state index contributed by atoms with van der Waals surface area (Å²) in [5.74, 6) is 0.504. The van der Waals surface area contributed by atoms with Crippen molar-refractivity contribution in [3.05, 3.63) is 23.8 Å². The molecule has 0 aliphatic rings. The van der Waals surface area contributed by atoms with Gasteiger partial charge in [-0.1, -0.05) is 33.8 Å². The normalized spacial score (nSPS) is 12.9. The lowest BCUT2D eigenvalue weighted by molar-refractivity contribution is -0.119. The van der Waals surface area contributed by atoms with Crippen molar-refractivity contribution in [3.8, 4) is 5.75 Å². The zero-order chi connectivity index (χ0) is 15.3. The van der Waals surface area contributed by atoms with Crippen molar-refractivity contribution in [1.82, 2.24) is 0 Å². The summed E-state index contributed by atoms with van der Waals surface area (Å²) in [7, 11) is 0. The minimum Gasteiger partial charge on any atom is -0.491 e. The molecule has 0 spiro atoms. The second kappa shape index (κ2) is 6.75. The van der Waals surface area contributed by atoms with Gasteiger partial charge in [0, 0.05) is 0 Å². The summed E-state index contributed by atoms with van der Waals surface area (Å²) in [6, 6.07) is 5.15. The zero-order valence-corrected chi connectivity index (χ0v) is 13.1. The highest BCUT2D eigenvalue weighted by molar-refractivity contribution is 5.96. The van der Waals surface area contributed by atoms with E-state index in [4.69, 9.17) is 10.5 Å². The van der Waals surface area contributed by atoms with E-state index in [1.165, 1.54) is 0 Å². The van der Waals surface area contributed by atoms with Crippen LogP contribution in [-0.2, 0) is 4.79 Å². The molecule has 0 bridgehead atoms. The second-order valence-electron chi connectivity index (χ2n) is 6.18. The van der Waals surface area contributed by atoms with Gasteiger partial charge < -0.3 is 15.8 Å². The lowest BCUT2D eigenvalue weighted by Gasteiger charge is -2.26. The van der Waals surface area contributed by atoms with Crippen molar-refractivity contribution in [3.63, 3.8) is 0 Å². The molecule has 3 N–H and O–H groups in total. The van der Waals surface area contributed by atoms with E-state index in [1.807, 2.05) is 52.8 Å². The molecule has 1 aromatic rings. The number of carbonyl (C=O) groups excluding carboxylic acids is 1. The summed E-state index contributed by atoms with van der Waals surface area (Å²) in [4.78, 5) is 12.2. The molecule has 0 heterocycles. The summed E-state index contributed by atoms with van der Waals surface area (Å²) in [6.07, 6.45) is 0.919. The molecular weight excluding hydrogens is 252 g/mol. The number of hydrogen-bond donors (Lipinski definition) is 2. The summed E-state index contributed by atoms with van der Waals surface area (Å²) in [5, 5.41) is 2.86. The van der Waals surface area contributed by atoms with E-state index in [-0.39, 0.29) is 11.3 Å². The summed E-state index contributed by atoms with van der Waals surface area (Å²) in [6.45, 7) is 10.5. The van der Waals surface area contributed by atoms with Crippen LogP contribution < -0.4 is 15.8 Å². The van der Waals surface area contributed by atoms with Crippen molar-refractivity contribution >= 4 is 11.6 Å². The molecule has 112 valence electrons. The predicted octanol–water partition coefficient (Wildman–Crippen LogP) is 3.10. The van der Waals surface area contributed by atoms with E-state index in [0.717, 1.165) is 12.0 Å². The van der Waals surface area contributed by atoms with E-state index in [9.17, 15) is 4.79 Å². The van der Waals surface area contributed by atoms with Crippen molar-refractivity contribution in [2.24, 2.45) is 11.1 Å². The fourth-order valence-electron chi connectivity index (χ4n) is 1.67. The van der Waals surface area contributed by atoms with E-state index in [1.54, 1.807) is 0 Å². The standard InChI is InChI=1S/C16H26N2O2/c1-6-9-20-13-10-11(2)7-8-12(13)18-15(19)14(17)16(3,4)5/h7-8,10,14H,6,9,17H2,1-5H3,(H,18,19)/t14-/m1/s1. The molecule has 1 aromatic carbocycles. The molecule has 0 saturated carbocycles. The van der Waals surface area contributed by atoms with Gasteiger partial charge in [0.25, 0.3) is 0 Å². The Kier molecular flexibility index (Phi) is 5.57. The van der Waals surface area contributed by atoms with Gasteiger partial charge in [-0.2, -0.15) is 0 Å². The van der Waals surface area contributed by atoms with Crippen LogP contribution in [0.4, 0.5) is 5.69 Å². The van der Waals surface area contributed by atoms with Gasteiger partial charge in [-0.15, -0.1) is 0 Å². The van der Waals surface area contributed by atoms with E-state index < -0.39 is 6.04 Å². The molecular formula is C16H26N2O2. The Morgan fingerprint density at radius 1 is 1.40 bits per heavy atom. The van der Waals surface area contributed by atoms with Gasteiger partial charge >= 0.3 is 0 Å². The third kappa shape index (κ3) is 4.53. The number of anilines is 1. The van der Waals surface area contributed by atoms with Crippen LogP contribution in [0.2, 0.25) is 0 Å². The number of nitrogens with one attached hydrogen (secondary N) is 1. The Balaban J connectivity index is 2.88. The first-order valence-electron chi connectivity index (χ1n) is 7.05. The van der Waals surface area contributed by atoms with Crippen LogP contribution >= 0.6 is 0 Å². The molecule has 4 heteroatoms. The third-order valence-corrected chi connectivity index (χ3v) is 3.07. The fourth-order valence-corrected chi connectivity index (χ4v) is 1.67. The van der Waals surface area contributed by atoms with Gasteiger partial charge in [-0.3, -0.25) is 4.79 Å². The first-order chi connectivity index (χ1) is 9.25. The zero-order valence-electron chi connectivity index (χ0n) is 13.1. The highest BCUT2D eigenvalue weighted by Gasteiger charge is 2.27. The summed E-state index contributed by atoms with van der Waals surface area (Å²) in [5.41, 5.74) is 7.46. The van der Waals surface area contributed by atoms with Gasteiger partial charge in [-0.25, -0.2) is 0 Å².